The molecule has 6 nitrogen and oxygen atoms in total. The Labute approximate surface area is 176 Å². The zero-order chi connectivity index (χ0) is 20.7. The standard InChI is InChI=1S/C23H14N4O2S/c24-12-18-20(25-26-21(18)30-13-14-6-2-1-3-7-14)27-22(28)16-10-4-8-15-9-5-11-17(19(15)16)23(27)29/h1-11H,13H2,(H,25,26). The number of rotatable bonds is 4. The molecular weight excluding hydrogens is 396 g/mol. The highest BCUT2D eigenvalue weighted by Gasteiger charge is 2.36. The number of carbonyl (C=O) groups is 2. The van der Waals surface area contributed by atoms with Gasteiger partial charge in [0.25, 0.3) is 11.8 Å². The highest BCUT2D eigenvalue weighted by Crippen LogP contribution is 2.36. The number of nitrogens with zero attached hydrogens (tertiary/aromatic N) is 3. The van der Waals surface area contributed by atoms with Crippen LogP contribution in [0.5, 0.6) is 0 Å². The summed E-state index contributed by atoms with van der Waals surface area (Å²) in [4.78, 5) is 27.4. The van der Waals surface area contributed by atoms with Crippen LogP contribution in [0.3, 0.4) is 0 Å². The third kappa shape index (κ3) is 2.78. The van der Waals surface area contributed by atoms with E-state index in [2.05, 4.69) is 16.3 Å². The highest BCUT2D eigenvalue weighted by molar-refractivity contribution is 7.98. The molecule has 0 unspecified atom stereocenters. The molecule has 0 spiro atoms. The van der Waals surface area contributed by atoms with Crippen LogP contribution in [0, 0.1) is 11.3 Å². The minimum absolute atomic E-state index is 0.106. The summed E-state index contributed by atoms with van der Waals surface area (Å²) in [6.45, 7) is 0. The fraction of sp³-hybridized carbons (Fsp3) is 0.0435. The van der Waals surface area contributed by atoms with Gasteiger partial charge in [0, 0.05) is 22.3 Å². The average molecular weight is 410 g/mol. The molecule has 3 aromatic carbocycles. The molecule has 0 radical (unpaired) electrons. The van der Waals surface area contributed by atoms with Crippen molar-refractivity contribution in [3.05, 3.63) is 89.0 Å². The summed E-state index contributed by atoms with van der Waals surface area (Å²) >= 11 is 1.38. The SMILES string of the molecule is N#Cc1c(SCc2ccccc2)n[nH]c1N1C(=O)c2cccc3cccc(c23)C1=O. The van der Waals surface area contributed by atoms with Gasteiger partial charge in [-0.2, -0.15) is 10.4 Å². The molecule has 2 amide bonds. The molecule has 5 rings (SSSR count). The third-order valence-corrected chi connectivity index (χ3v) is 6.09. The molecule has 1 aliphatic heterocycles. The Morgan fingerprint density at radius 2 is 1.60 bits per heavy atom. The number of carbonyl (C=O) groups excluding carboxylic acids is 2. The number of amides is 2. The minimum Gasteiger partial charge on any atom is -0.268 e. The predicted octanol–water partition coefficient (Wildman–Crippen LogP) is 4.53. The average Bonchev–Trinajstić information content (AvgIpc) is 3.19. The Kier molecular flexibility index (Phi) is 4.34. The van der Waals surface area contributed by atoms with Crippen molar-refractivity contribution in [2.75, 3.05) is 4.90 Å². The van der Waals surface area contributed by atoms with E-state index in [0.29, 0.717) is 27.3 Å². The van der Waals surface area contributed by atoms with Gasteiger partial charge >= 0.3 is 0 Å². The molecule has 7 heteroatoms. The van der Waals surface area contributed by atoms with Gasteiger partial charge in [-0.25, -0.2) is 4.90 Å². The van der Waals surface area contributed by atoms with Crippen LogP contribution in [-0.2, 0) is 5.75 Å². The summed E-state index contributed by atoms with van der Waals surface area (Å²) in [5.41, 5.74) is 2.13. The maximum Gasteiger partial charge on any atom is 0.267 e. The normalized spacial score (nSPS) is 13.0. The van der Waals surface area contributed by atoms with Crippen LogP contribution in [0.15, 0.2) is 71.8 Å². The van der Waals surface area contributed by atoms with Crippen LogP contribution in [0.1, 0.15) is 31.8 Å². The first-order valence-electron chi connectivity index (χ1n) is 9.24. The first-order chi connectivity index (χ1) is 14.7. The van der Waals surface area contributed by atoms with Gasteiger partial charge in [0.1, 0.15) is 16.7 Å². The fourth-order valence-electron chi connectivity index (χ4n) is 3.64. The van der Waals surface area contributed by atoms with E-state index in [9.17, 15) is 14.9 Å². The van der Waals surface area contributed by atoms with Gasteiger partial charge in [-0.3, -0.25) is 14.7 Å². The molecule has 4 aromatic rings. The number of nitriles is 1. The summed E-state index contributed by atoms with van der Waals surface area (Å²) in [6.07, 6.45) is 0. The molecule has 1 N–H and O–H groups in total. The number of anilines is 1. The van der Waals surface area contributed by atoms with Crippen LogP contribution in [0.4, 0.5) is 5.82 Å². The number of hydrogen-bond donors (Lipinski definition) is 1. The zero-order valence-corrected chi connectivity index (χ0v) is 16.4. The number of aromatic amines is 1. The lowest BCUT2D eigenvalue weighted by Crippen LogP contribution is -2.41. The van der Waals surface area contributed by atoms with Gasteiger partial charge in [0.15, 0.2) is 5.82 Å². The van der Waals surface area contributed by atoms with E-state index >= 15 is 0 Å². The van der Waals surface area contributed by atoms with Gasteiger partial charge in [-0.15, -0.1) is 0 Å². The molecule has 2 heterocycles. The Hall–Kier alpha value is -3.89. The number of benzene rings is 3. The van der Waals surface area contributed by atoms with Crippen molar-refractivity contribution in [1.29, 1.82) is 5.26 Å². The largest absolute Gasteiger partial charge is 0.268 e. The van der Waals surface area contributed by atoms with Crippen molar-refractivity contribution in [2.24, 2.45) is 0 Å². The second-order valence-corrected chi connectivity index (χ2v) is 7.76. The number of H-pyrrole nitrogens is 1. The van der Waals surface area contributed by atoms with Crippen molar-refractivity contribution in [1.82, 2.24) is 10.2 Å². The lowest BCUT2D eigenvalue weighted by atomic mass is 9.94. The van der Waals surface area contributed by atoms with Crippen molar-refractivity contribution in [2.45, 2.75) is 10.8 Å². The van der Waals surface area contributed by atoms with E-state index < -0.39 is 11.8 Å². The van der Waals surface area contributed by atoms with E-state index in [-0.39, 0.29) is 11.4 Å². The Morgan fingerprint density at radius 1 is 0.933 bits per heavy atom. The Bertz CT molecular complexity index is 1300. The van der Waals surface area contributed by atoms with E-state index in [0.717, 1.165) is 15.8 Å². The smallest absolute Gasteiger partial charge is 0.267 e. The summed E-state index contributed by atoms with van der Waals surface area (Å²) in [6, 6.07) is 22.6. The number of nitrogens with one attached hydrogen (secondary N) is 1. The fourth-order valence-corrected chi connectivity index (χ4v) is 4.54. The second-order valence-electron chi connectivity index (χ2n) is 6.79. The lowest BCUT2D eigenvalue weighted by Gasteiger charge is -2.26. The lowest BCUT2D eigenvalue weighted by molar-refractivity contribution is 0.0892. The summed E-state index contributed by atoms with van der Waals surface area (Å²) in [7, 11) is 0. The molecule has 30 heavy (non-hydrogen) atoms. The molecule has 144 valence electrons. The van der Waals surface area contributed by atoms with Gasteiger partial charge in [0.2, 0.25) is 0 Å². The van der Waals surface area contributed by atoms with Crippen molar-refractivity contribution in [3.8, 4) is 6.07 Å². The molecule has 0 fully saturated rings. The summed E-state index contributed by atoms with van der Waals surface area (Å²) < 4.78 is 0. The third-order valence-electron chi connectivity index (χ3n) is 5.04. The molecule has 1 aliphatic rings. The molecule has 0 aliphatic carbocycles. The van der Waals surface area contributed by atoms with Crippen molar-refractivity contribution >= 4 is 40.2 Å². The molecule has 0 saturated carbocycles. The number of imide groups is 1. The van der Waals surface area contributed by atoms with Crippen LogP contribution < -0.4 is 4.90 Å². The van der Waals surface area contributed by atoms with Gasteiger partial charge < -0.3 is 0 Å². The quantitative estimate of drug-likeness (QED) is 0.394. The van der Waals surface area contributed by atoms with E-state index in [1.54, 1.807) is 24.3 Å². The first-order valence-corrected chi connectivity index (χ1v) is 10.2. The number of aromatic nitrogens is 2. The molecule has 0 saturated heterocycles. The minimum atomic E-state index is -0.468. The maximum absolute atomic E-state index is 13.2. The number of thioether (sulfide) groups is 1. The predicted molar refractivity (Wildman–Crippen MR) is 114 cm³/mol. The molecule has 0 atom stereocenters. The zero-order valence-electron chi connectivity index (χ0n) is 15.6. The van der Waals surface area contributed by atoms with Crippen LogP contribution >= 0.6 is 11.8 Å². The Balaban J connectivity index is 1.55. The first kappa shape index (κ1) is 18.2. The van der Waals surface area contributed by atoms with Crippen molar-refractivity contribution in [3.63, 3.8) is 0 Å². The summed E-state index contributed by atoms with van der Waals surface area (Å²) in [5.74, 6) is -0.216. The van der Waals surface area contributed by atoms with Crippen LogP contribution in [0.2, 0.25) is 0 Å². The monoisotopic (exact) mass is 410 g/mol. The van der Waals surface area contributed by atoms with Gasteiger partial charge in [0.05, 0.1) is 0 Å². The second kappa shape index (κ2) is 7.17. The van der Waals surface area contributed by atoms with E-state index in [1.807, 2.05) is 42.5 Å². The van der Waals surface area contributed by atoms with Gasteiger partial charge in [-0.1, -0.05) is 66.4 Å². The topological polar surface area (TPSA) is 89.8 Å². The van der Waals surface area contributed by atoms with E-state index in [1.165, 1.54) is 11.8 Å². The van der Waals surface area contributed by atoms with Gasteiger partial charge in [-0.05, 0) is 23.1 Å². The van der Waals surface area contributed by atoms with Crippen LogP contribution in [-0.4, -0.2) is 22.0 Å². The highest BCUT2D eigenvalue weighted by atomic mass is 32.2. The molecular formula is C23H14N4O2S. The maximum atomic E-state index is 13.2. The Morgan fingerprint density at radius 3 is 2.23 bits per heavy atom. The molecule has 1 aromatic heterocycles. The number of hydrogen-bond acceptors (Lipinski definition) is 5. The van der Waals surface area contributed by atoms with Crippen molar-refractivity contribution < 1.29 is 9.59 Å². The molecule has 0 bridgehead atoms. The van der Waals surface area contributed by atoms with E-state index in [4.69, 9.17) is 0 Å². The summed E-state index contributed by atoms with van der Waals surface area (Å²) in [5, 5.41) is 18.7. The van der Waals surface area contributed by atoms with Crippen LogP contribution in [0.25, 0.3) is 10.8 Å².